The van der Waals surface area contributed by atoms with Gasteiger partial charge in [-0.3, -0.25) is 0 Å². The van der Waals surface area contributed by atoms with Gasteiger partial charge in [0.2, 0.25) is 0 Å². The van der Waals surface area contributed by atoms with Crippen molar-refractivity contribution in [3.63, 3.8) is 0 Å². The smallest absolute Gasteiger partial charge is 0.0468 e. The van der Waals surface area contributed by atoms with E-state index in [-0.39, 0.29) is 5.92 Å². The Kier molecular flexibility index (Phi) is 5.44. The van der Waals surface area contributed by atoms with Crippen LogP contribution in [0.2, 0.25) is 0 Å². The summed E-state index contributed by atoms with van der Waals surface area (Å²) in [4.78, 5) is 3.57. The molecule has 3 heteroatoms. The van der Waals surface area contributed by atoms with E-state index in [1.165, 1.54) is 55.4 Å². The van der Waals surface area contributed by atoms with Gasteiger partial charge in [0.25, 0.3) is 0 Å². The van der Waals surface area contributed by atoms with Crippen LogP contribution in [0.5, 0.6) is 0 Å². The minimum atomic E-state index is 0.0743. The van der Waals surface area contributed by atoms with Gasteiger partial charge >= 0.3 is 0 Å². The van der Waals surface area contributed by atoms with Crippen molar-refractivity contribution in [2.45, 2.75) is 12.3 Å². The Morgan fingerprint density at radius 1 is 0.703 bits per heavy atom. The van der Waals surface area contributed by atoms with E-state index in [0.717, 1.165) is 16.4 Å². The molecule has 37 heavy (non-hydrogen) atoms. The van der Waals surface area contributed by atoms with Crippen LogP contribution in [-0.2, 0) is 6.42 Å². The lowest BCUT2D eigenvalue weighted by molar-refractivity contribution is 0.902. The highest BCUT2D eigenvalue weighted by Crippen LogP contribution is 2.50. The predicted molar refractivity (Wildman–Crippen MR) is 159 cm³/mol. The summed E-state index contributed by atoms with van der Waals surface area (Å²) < 4.78 is 1.11. The number of hydrogen-bond acceptors (Lipinski definition) is 1. The minimum Gasteiger partial charge on any atom is -0.361 e. The molecule has 0 saturated carbocycles. The quantitative estimate of drug-likeness (QED) is 0.229. The fourth-order valence-electron chi connectivity index (χ4n) is 5.85. The largest absolute Gasteiger partial charge is 0.361 e. The lowest BCUT2D eigenvalue weighted by atomic mass is 9.75. The molecule has 0 saturated heterocycles. The predicted octanol–water partition coefficient (Wildman–Crippen LogP) is 9.29. The third-order valence-corrected chi connectivity index (χ3v) is 8.15. The molecule has 2 N–H and O–H groups in total. The number of aromatic amines is 1. The van der Waals surface area contributed by atoms with Crippen molar-refractivity contribution >= 4 is 49.0 Å². The van der Waals surface area contributed by atoms with E-state index in [9.17, 15) is 0 Å². The number of halogens is 1. The van der Waals surface area contributed by atoms with E-state index in [1.54, 1.807) is 0 Å². The summed E-state index contributed by atoms with van der Waals surface area (Å²) in [6.45, 7) is 0. The second kappa shape index (κ2) is 9.10. The third kappa shape index (κ3) is 3.78. The molecule has 0 radical (unpaired) electrons. The third-order valence-electron chi connectivity index (χ3n) is 7.48. The number of benzene rings is 5. The number of anilines is 1. The van der Waals surface area contributed by atoms with Crippen molar-refractivity contribution < 1.29 is 0 Å². The number of H-pyrrole nitrogens is 1. The Hall–Kier alpha value is -4.08. The van der Waals surface area contributed by atoms with Crippen LogP contribution < -0.4 is 5.32 Å². The molecule has 0 unspecified atom stereocenters. The van der Waals surface area contributed by atoms with Crippen LogP contribution in [0, 0.1) is 0 Å². The van der Waals surface area contributed by atoms with E-state index in [4.69, 9.17) is 0 Å². The van der Waals surface area contributed by atoms with Crippen LogP contribution in [-0.4, -0.2) is 4.98 Å². The number of allylic oxidation sites excluding steroid dienone is 1. The normalized spacial score (nSPS) is 15.1. The summed E-state index contributed by atoms with van der Waals surface area (Å²) in [5, 5.41) is 7.68. The molecule has 6 aromatic rings. The molecule has 2 nitrogen and oxygen atoms in total. The van der Waals surface area contributed by atoms with Gasteiger partial charge in [0.1, 0.15) is 0 Å². The highest BCUT2D eigenvalue weighted by Gasteiger charge is 2.33. The van der Waals surface area contributed by atoms with E-state index < -0.39 is 0 Å². The highest BCUT2D eigenvalue weighted by atomic mass is 79.9. The molecule has 1 aromatic heterocycles. The van der Waals surface area contributed by atoms with Crippen molar-refractivity contribution in [3.8, 4) is 0 Å². The number of fused-ring (bicyclic) bond motifs is 4. The molecule has 5 aromatic carbocycles. The van der Waals surface area contributed by atoms with Crippen molar-refractivity contribution in [3.05, 3.63) is 154 Å². The standard InChI is InChI=1S/C34H25BrN2/c35-28-16-9-17-29-32(28)27(21-36-29)31-26(20-22-10-3-1-4-11-22)34(24-13-5-2-6-14-24)37-30-19-18-23-12-7-8-15-25(23)33(30)31/h1-19,21,31,36-37H,20H2/t31-/m1/s1. The molecule has 0 spiro atoms. The number of aromatic nitrogens is 1. The molecular weight excluding hydrogens is 516 g/mol. The summed E-state index contributed by atoms with van der Waals surface area (Å²) in [5.41, 5.74) is 10.0. The van der Waals surface area contributed by atoms with Crippen molar-refractivity contribution in [1.29, 1.82) is 0 Å². The van der Waals surface area contributed by atoms with E-state index in [2.05, 4.69) is 148 Å². The van der Waals surface area contributed by atoms with E-state index >= 15 is 0 Å². The zero-order valence-electron chi connectivity index (χ0n) is 20.2. The fraction of sp³-hybridized carbons (Fsp3) is 0.0588. The van der Waals surface area contributed by atoms with Gasteiger partial charge in [-0.15, -0.1) is 0 Å². The molecule has 1 aliphatic heterocycles. The van der Waals surface area contributed by atoms with Crippen molar-refractivity contribution in [2.75, 3.05) is 5.32 Å². The van der Waals surface area contributed by atoms with E-state index in [1.807, 2.05) is 0 Å². The summed E-state index contributed by atoms with van der Waals surface area (Å²) in [5.74, 6) is 0.0743. The summed E-state index contributed by atoms with van der Waals surface area (Å²) in [6.07, 6.45) is 3.06. The van der Waals surface area contributed by atoms with Crippen LogP contribution in [0.15, 0.2) is 132 Å². The summed E-state index contributed by atoms with van der Waals surface area (Å²) >= 11 is 3.88. The zero-order valence-corrected chi connectivity index (χ0v) is 21.8. The minimum absolute atomic E-state index is 0.0743. The summed E-state index contributed by atoms with van der Waals surface area (Å²) in [6, 6.07) is 41.2. The molecule has 1 atom stereocenters. The lowest BCUT2D eigenvalue weighted by Gasteiger charge is -2.34. The first kappa shape index (κ1) is 22.1. The molecule has 178 valence electrons. The maximum absolute atomic E-state index is 3.89. The molecule has 2 heterocycles. The molecule has 0 amide bonds. The van der Waals surface area contributed by atoms with Gasteiger partial charge in [0.05, 0.1) is 0 Å². The molecule has 0 fully saturated rings. The Morgan fingerprint density at radius 3 is 2.30 bits per heavy atom. The zero-order chi connectivity index (χ0) is 24.8. The summed E-state index contributed by atoms with van der Waals surface area (Å²) in [7, 11) is 0. The highest BCUT2D eigenvalue weighted by molar-refractivity contribution is 9.10. The molecule has 0 aliphatic carbocycles. The Morgan fingerprint density at radius 2 is 1.46 bits per heavy atom. The first-order valence-corrected chi connectivity index (χ1v) is 13.4. The van der Waals surface area contributed by atoms with E-state index in [0.29, 0.717) is 0 Å². The Balaban J connectivity index is 1.58. The molecular formula is C34H25BrN2. The van der Waals surface area contributed by atoms with Crippen LogP contribution in [0.3, 0.4) is 0 Å². The fourth-order valence-corrected chi connectivity index (χ4v) is 6.45. The molecule has 1 aliphatic rings. The van der Waals surface area contributed by atoms with Crippen molar-refractivity contribution in [1.82, 2.24) is 4.98 Å². The van der Waals surface area contributed by atoms with Gasteiger partial charge in [-0.05, 0) is 63.2 Å². The first-order chi connectivity index (χ1) is 18.3. The second-order valence-corrected chi connectivity index (χ2v) is 10.5. The Labute approximate surface area is 224 Å². The van der Waals surface area contributed by atoms with Gasteiger partial charge in [-0.2, -0.15) is 0 Å². The SMILES string of the molecule is Brc1cccc2[nH]cc([C@H]3C(Cc4ccccc4)=C(c4ccccc4)Nc4ccc5ccccc5c43)c12. The average Bonchev–Trinajstić information content (AvgIpc) is 3.39. The lowest BCUT2D eigenvalue weighted by Crippen LogP contribution is -2.20. The van der Waals surface area contributed by atoms with Gasteiger partial charge in [0, 0.05) is 38.9 Å². The number of hydrogen-bond donors (Lipinski definition) is 2. The number of nitrogens with one attached hydrogen (secondary N) is 2. The first-order valence-electron chi connectivity index (χ1n) is 12.6. The molecule has 7 rings (SSSR count). The maximum atomic E-state index is 3.89. The van der Waals surface area contributed by atoms with Crippen LogP contribution >= 0.6 is 15.9 Å². The average molecular weight is 541 g/mol. The topological polar surface area (TPSA) is 27.8 Å². The van der Waals surface area contributed by atoms with Gasteiger partial charge in [-0.25, -0.2) is 0 Å². The van der Waals surface area contributed by atoms with Crippen LogP contribution in [0.25, 0.3) is 27.4 Å². The van der Waals surface area contributed by atoms with Crippen LogP contribution in [0.4, 0.5) is 5.69 Å². The van der Waals surface area contributed by atoms with Gasteiger partial charge < -0.3 is 10.3 Å². The van der Waals surface area contributed by atoms with Crippen LogP contribution in [0.1, 0.15) is 28.2 Å². The van der Waals surface area contributed by atoms with Gasteiger partial charge in [0.15, 0.2) is 0 Å². The maximum Gasteiger partial charge on any atom is 0.0468 e. The van der Waals surface area contributed by atoms with Gasteiger partial charge in [-0.1, -0.05) is 113 Å². The Bertz CT molecular complexity index is 1780. The monoisotopic (exact) mass is 540 g/mol. The second-order valence-electron chi connectivity index (χ2n) is 9.64. The number of rotatable bonds is 4. The van der Waals surface area contributed by atoms with Crippen molar-refractivity contribution in [2.24, 2.45) is 0 Å². The molecule has 0 bridgehead atoms.